The number of nitrogens with zero attached hydrogens (tertiary/aromatic N) is 1. The third-order valence-electron chi connectivity index (χ3n) is 5.09. The van der Waals surface area contributed by atoms with E-state index in [9.17, 15) is 17.6 Å². The number of halogens is 1. The van der Waals surface area contributed by atoms with Crippen molar-refractivity contribution >= 4 is 15.9 Å². The van der Waals surface area contributed by atoms with Crippen LogP contribution in [0.25, 0.3) is 0 Å². The van der Waals surface area contributed by atoms with Crippen molar-refractivity contribution in [3.63, 3.8) is 0 Å². The van der Waals surface area contributed by atoms with Gasteiger partial charge in [0.1, 0.15) is 16.8 Å². The Hall–Kier alpha value is -2.29. The number of nitrogens with one attached hydrogen (secondary N) is 2. The van der Waals surface area contributed by atoms with Gasteiger partial charge >= 0.3 is 0 Å². The fourth-order valence-electron chi connectivity index (χ4n) is 3.41. The highest BCUT2D eigenvalue weighted by atomic mass is 32.2. The highest BCUT2D eigenvalue weighted by Crippen LogP contribution is 2.16. The molecule has 0 bridgehead atoms. The quantitative estimate of drug-likeness (QED) is 0.719. The second kappa shape index (κ2) is 9.47. The number of carbonyl (C=O) groups excluding carboxylic acids is 1. The minimum Gasteiger partial charge on any atom is -0.352 e. The van der Waals surface area contributed by atoms with E-state index in [4.69, 9.17) is 0 Å². The van der Waals surface area contributed by atoms with E-state index in [1.807, 2.05) is 37.4 Å². The number of sulfonamides is 1. The lowest BCUT2D eigenvalue weighted by molar-refractivity contribution is -0.123. The summed E-state index contributed by atoms with van der Waals surface area (Å²) < 4.78 is 42.0. The van der Waals surface area contributed by atoms with Crippen molar-refractivity contribution in [2.45, 2.75) is 36.2 Å². The highest BCUT2D eigenvalue weighted by Gasteiger charge is 2.29. The van der Waals surface area contributed by atoms with Crippen LogP contribution in [0.5, 0.6) is 0 Å². The summed E-state index contributed by atoms with van der Waals surface area (Å²) in [5.41, 5.74) is 0.812. The zero-order valence-electron chi connectivity index (χ0n) is 16.3. The van der Waals surface area contributed by atoms with Gasteiger partial charge in [0.05, 0.1) is 0 Å². The molecule has 29 heavy (non-hydrogen) atoms. The molecule has 2 aromatic carbocycles. The van der Waals surface area contributed by atoms with E-state index < -0.39 is 32.7 Å². The van der Waals surface area contributed by atoms with Gasteiger partial charge in [0.15, 0.2) is 0 Å². The zero-order valence-corrected chi connectivity index (χ0v) is 17.2. The first kappa shape index (κ1) is 21.4. The molecule has 1 aliphatic rings. The number of amides is 1. The smallest absolute Gasteiger partial charge is 0.244 e. The van der Waals surface area contributed by atoms with E-state index in [1.165, 1.54) is 18.2 Å². The molecule has 1 atom stereocenters. The van der Waals surface area contributed by atoms with Crippen LogP contribution in [0.1, 0.15) is 18.4 Å². The maximum absolute atomic E-state index is 14.0. The molecule has 8 heteroatoms. The maximum Gasteiger partial charge on any atom is 0.244 e. The molecule has 1 unspecified atom stereocenters. The Morgan fingerprint density at radius 3 is 2.38 bits per heavy atom. The lowest BCUT2D eigenvalue weighted by Gasteiger charge is -2.30. The Balaban J connectivity index is 1.79. The topological polar surface area (TPSA) is 78.5 Å². The van der Waals surface area contributed by atoms with E-state index in [0.29, 0.717) is 0 Å². The third kappa shape index (κ3) is 5.85. The average molecular weight is 420 g/mol. The number of carbonyl (C=O) groups is 1. The fourth-order valence-corrected chi connectivity index (χ4v) is 4.68. The number of hydrogen-bond donors (Lipinski definition) is 2. The Morgan fingerprint density at radius 2 is 1.72 bits per heavy atom. The first-order valence-corrected chi connectivity index (χ1v) is 11.1. The van der Waals surface area contributed by atoms with E-state index in [1.54, 1.807) is 0 Å². The lowest BCUT2D eigenvalue weighted by atomic mass is 10.0. The van der Waals surface area contributed by atoms with Crippen LogP contribution in [-0.2, 0) is 21.2 Å². The molecule has 0 spiro atoms. The molecule has 0 radical (unpaired) electrons. The number of likely N-dealkylation sites (tertiary alicyclic amines) is 1. The minimum absolute atomic E-state index is 0.00469. The number of piperidine rings is 1. The summed E-state index contributed by atoms with van der Waals surface area (Å²) in [4.78, 5) is 14.7. The van der Waals surface area contributed by atoms with Gasteiger partial charge in [-0.25, -0.2) is 12.8 Å². The minimum atomic E-state index is -4.20. The highest BCUT2D eigenvalue weighted by molar-refractivity contribution is 7.89. The second-order valence-corrected chi connectivity index (χ2v) is 9.06. The first-order valence-electron chi connectivity index (χ1n) is 9.65. The maximum atomic E-state index is 14.0. The molecular weight excluding hydrogens is 393 g/mol. The molecular formula is C21H26FN3O3S. The van der Waals surface area contributed by atoms with Crippen LogP contribution in [0.4, 0.5) is 4.39 Å². The molecule has 2 aromatic rings. The normalized spacial score (nSPS) is 17.0. The van der Waals surface area contributed by atoms with Crippen LogP contribution >= 0.6 is 0 Å². The van der Waals surface area contributed by atoms with Gasteiger partial charge < -0.3 is 10.2 Å². The molecule has 2 N–H and O–H groups in total. The van der Waals surface area contributed by atoms with Gasteiger partial charge in [0.25, 0.3) is 0 Å². The van der Waals surface area contributed by atoms with E-state index in [0.717, 1.165) is 37.6 Å². The van der Waals surface area contributed by atoms with E-state index >= 15 is 0 Å². The summed E-state index contributed by atoms with van der Waals surface area (Å²) in [7, 11) is -2.17. The van der Waals surface area contributed by atoms with Crippen molar-refractivity contribution in [1.29, 1.82) is 0 Å². The van der Waals surface area contributed by atoms with Gasteiger partial charge in [0.2, 0.25) is 15.9 Å². The molecule has 0 aromatic heterocycles. The summed E-state index contributed by atoms with van der Waals surface area (Å²) in [5, 5.41) is 2.96. The summed E-state index contributed by atoms with van der Waals surface area (Å²) in [6.45, 7) is 1.74. The van der Waals surface area contributed by atoms with Gasteiger partial charge in [-0.15, -0.1) is 0 Å². The van der Waals surface area contributed by atoms with Crippen molar-refractivity contribution in [1.82, 2.24) is 14.9 Å². The van der Waals surface area contributed by atoms with Crippen molar-refractivity contribution in [3.8, 4) is 0 Å². The fraction of sp³-hybridized carbons (Fsp3) is 0.381. The van der Waals surface area contributed by atoms with Crippen LogP contribution in [0.2, 0.25) is 0 Å². The standard InChI is InChI=1S/C21H26FN3O3S/c1-25-13-11-17(12-14-25)23-21(26)19(15-16-7-3-2-4-8-16)24-29(27,28)20-10-6-5-9-18(20)22/h2-10,17,19,24H,11-15H2,1H3,(H,23,26). The SMILES string of the molecule is CN1CCC(NC(=O)C(Cc2ccccc2)NS(=O)(=O)c2ccccc2F)CC1. The molecule has 1 saturated heterocycles. The van der Waals surface area contributed by atoms with Crippen molar-refractivity contribution in [2.75, 3.05) is 20.1 Å². The largest absolute Gasteiger partial charge is 0.352 e. The lowest BCUT2D eigenvalue weighted by Crippen LogP contribution is -2.52. The molecule has 0 aliphatic carbocycles. The Labute approximate surface area is 171 Å². The van der Waals surface area contributed by atoms with Gasteiger partial charge in [-0.2, -0.15) is 4.72 Å². The van der Waals surface area contributed by atoms with Crippen LogP contribution in [0.3, 0.4) is 0 Å². The summed E-state index contributed by atoms with van der Waals surface area (Å²) in [6.07, 6.45) is 1.79. The molecule has 1 aliphatic heterocycles. The zero-order chi connectivity index (χ0) is 20.9. The first-order chi connectivity index (χ1) is 13.8. The van der Waals surface area contributed by atoms with Crippen molar-refractivity contribution in [2.24, 2.45) is 0 Å². The van der Waals surface area contributed by atoms with Gasteiger partial charge in [-0.3, -0.25) is 4.79 Å². The predicted octanol–water partition coefficient (Wildman–Crippen LogP) is 1.93. The Morgan fingerprint density at radius 1 is 1.10 bits per heavy atom. The van der Waals surface area contributed by atoms with Crippen LogP contribution < -0.4 is 10.0 Å². The molecule has 1 amide bonds. The summed E-state index contributed by atoms with van der Waals surface area (Å²) in [5.74, 6) is -1.25. The molecule has 6 nitrogen and oxygen atoms in total. The predicted molar refractivity (Wildman–Crippen MR) is 109 cm³/mol. The van der Waals surface area contributed by atoms with Crippen LogP contribution in [0.15, 0.2) is 59.5 Å². The monoisotopic (exact) mass is 419 g/mol. The van der Waals surface area contributed by atoms with Crippen molar-refractivity contribution in [3.05, 3.63) is 66.0 Å². The van der Waals surface area contributed by atoms with E-state index in [2.05, 4.69) is 14.9 Å². The molecule has 0 saturated carbocycles. The third-order valence-corrected chi connectivity index (χ3v) is 6.59. The van der Waals surface area contributed by atoms with Gasteiger partial charge in [-0.1, -0.05) is 42.5 Å². The van der Waals surface area contributed by atoms with Crippen LogP contribution in [-0.4, -0.2) is 51.4 Å². The van der Waals surface area contributed by atoms with Gasteiger partial charge in [0, 0.05) is 6.04 Å². The summed E-state index contributed by atoms with van der Waals surface area (Å²) in [6, 6.07) is 13.2. The average Bonchev–Trinajstić information content (AvgIpc) is 2.70. The molecule has 156 valence electrons. The second-order valence-electron chi connectivity index (χ2n) is 7.38. The van der Waals surface area contributed by atoms with E-state index in [-0.39, 0.29) is 12.5 Å². The van der Waals surface area contributed by atoms with Crippen LogP contribution in [0, 0.1) is 5.82 Å². The Bertz CT molecular complexity index is 929. The summed E-state index contributed by atoms with van der Waals surface area (Å²) >= 11 is 0. The number of hydrogen-bond acceptors (Lipinski definition) is 4. The van der Waals surface area contributed by atoms with Crippen molar-refractivity contribution < 1.29 is 17.6 Å². The molecule has 3 rings (SSSR count). The van der Waals surface area contributed by atoms with Gasteiger partial charge in [-0.05, 0) is 57.1 Å². The molecule has 1 heterocycles. The number of benzene rings is 2. The Kier molecular flexibility index (Phi) is 7.00. The molecule has 1 fully saturated rings. The number of rotatable bonds is 7.